The molecule has 0 aliphatic carbocycles. The Kier molecular flexibility index (Phi) is 5.58. The minimum atomic E-state index is -0.0433. The zero-order chi connectivity index (χ0) is 12.8. The number of carbonyl (C=O) groups excluding carboxylic acids is 1. The Labute approximate surface area is 107 Å². The second-order valence-electron chi connectivity index (χ2n) is 4.28. The van der Waals surface area contributed by atoms with Crippen LogP contribution in [0.4, 0.5) is 0 Å². The van der Waals surface area contributed by atoms with E-state index in [0.717, 1.165) is 23.4 Å². The number of thiazole rings is 1. The van der Waals surface area contributed by atoms with Crippen LogP contribution in [0.5, 0.6) is 0 Å². The lowest BCUT2D eigenvalue weighted by Crippen LogP contribution is -2.36. The second-order valence-corrected chi connectivity index (χ2v) is 5.22. The SMILES string of the molecule is CCCC(CN)C(=O)N(C)Cc1scnc1C. The molecule has 0 fully saturated rings. The van der Waals surface area contributed by atoms with E-state index in [-0.39, 0.29) is 11.8 Å². The number of aryl methyl sites for hydroxylation is 1. The van der Waals surface area contributed by atoms with Crippen LogP contribution in [0.3, 0.4) is 0 Å². The van der Waals surface area contributed by atoms with E-state index < -0.39 is 0 Å². The summed E-state index contributed by atoms with van der Waals surface area (Å²) in [6, 6.07) is 0. The van der Waals surface area contributed by atoms with Crippen molar-refractivity contribution in [3.8, 4) is 0 Å². The van der Waals surface area contributed by atoms with E-state index in [1.165, 1.54) is 0 Å². The van der Waals surface area contributed by atoms with Crippen molar-refractivity contribution in [2.24, 2.45) is 11.7 Å². The molecular formula is C12H21N3OS. The molecule has 1 heterocycles. The highest BCUT2D eigenvalue weighted by molar-refractivity contribution is 7.09. The molecule has 0 aliphatic rings. The third kappa shape index (κ3) is 3.78. The van der Waals surface area contributed by atoms with Crippen molar-refractivity contribution in [2.75, 3.05) is 13.6 Å². The lowest BCUT2D eigenvalue weighted by Gasteiger charge is -2.22. The minimum absolute atomic E-state index is 0.0433. The maximum atomic E-state index is 12.1. The van der Waals surface area contributed by atoms with Crippen LogP contribution in [0.25, 0.3) is 0 Å². The van der Waals surface area contributed by atoms with Crippen LogP contribution in [0, 0.1) is 12.8 Å². The van der Waals surface area contributed by atoms with Crippen LogP contribution in [-0.4, -0.2) is 29.4 Å². The van der Waals surface area contributed by atoms with Crippen molar-refractivity contribution in [1.29, 1.82) is 0 Å². The molecule has 1 unspecified atom stereocenters. The Morgan fingerprint density at radius 2 is 2.35 bits per heavy atom. The molecule has 1 amide bonds. The van der Waals surface area contributed by atoms with Crippen molar-refractivity contribution in [2.45, 2.75) is 33.2 Å². The number of hydrogen-bond donors (Lipinski definition) is 1. The molecule has 0 radical (unpaired) electrons. The third-order valence-corrected chi connectivity index (χ3v) is 3.79. The Hall–Kier alpha value is -0.940. The first kappa shape index (κ1) is 14.1. The van der Waals surface area contributed by atoms with E-state index in [1.807, 2.05) is 19.5 Å². The Morgan fingerprint density at radius 3 is 2.82 bits per heavy atom. The molecule has 0 aliphatic heterocycles. The molecule has 0 saturated heterocycles. The first-order valence-electron chi connectivity index (χ1n) is 5.94. The molecule has 0 spiro atoms. The standard InChI is InChI=1S/C12H21N3OS/c1-4-5-10(6-13)12(16)15(3)7-11-9(2)14-8-17-11/h8,10H,4-7,13H2,1-3H3. The predicted molar refractivity (Wildman–Crippen MR) is 70.8 cm³/mol. The summed E-state index contributed by atoms with van der Waals surface area (Å²) in [5.74, 6) is 0.0976. The number of nitrogens with zero attached hydrogens (tertiary/aromatic N) is 2. The highest BCUT2D eigenvalue weighted by Gasteiger charge is 2.20. The van der Waals surface area contributed by atoms with Gasteiger partial charge < -0.3 is 10.6 Å². The summed E-state index contributed by atoms with van der Waals surface area (Å²) in [5, 5.41) is 0. The van der Waals surface area contributed by atoms with Crippen LogP contribution in [0.1, 0.15) is 30.3 Å². The van der Waals surface area contributed by atoms with Gasteiger partial charge in [-0.3, -0.25) is 4.79 Å². The number of nitrogens with two attached hydrogens (primary N) is 1. The van der Waals surface area contributed by atoms with Gasteiger partial charge in [0.2, 0.25) is 5.91 Å². The lowest BCUT2D eigenvalue weighted by atomic mass is 10.0. The summed E-state index contributed by atoms with van der Waals surface area (Å²) in [5.41, 5.74) is 8.47. The van der Waals surface area contributed by atoms with Gasteiger partial charge in [-0.2, -0.15) is 0 Å². The van der Waals surface area contributed by atoms with Gasteiger partial charge in [-0.15, -0.1) is 11.3 Å². The fourth-order valence-corrected chi connectivity index (χ4v) is 2.60. The molecule has 2 N–H and O–H groups in total. The summed E-state index contributed by atoms with van der Waals surface area (Å²) >= 11 is 1.59. The van der Waals surface area contributed by atoms with Crippen molar-refractivity contribution < 1.29 is 4.79 Å². The van der Waals surface area contributed by atoms with Crippen molar-refractivity contribution in [3.05, 3.63) is 16.1 Å². The molecule has 0 bridgehead atoms. The fraction of sp³-hybridized carbons (Fsp3) is 0.667. The topological polar surface area (TPSA) is 59.2 Å². The Balaban J connectivity index is 2.60. The Morgan fingerprint density at radius 1 is 1.65 bits per heavy atom. The van der Waals surface area contributed by atoms with E-state index in [9.17, 15) is 4.79 Å². The number of aromatic nitrogens is 1. The largest absolute Gasteiger partial charge is 0.340 e. The van der Waals surface area contributed by atoms with Crippen molar-refractivity contribution in [3.63, 3.8) is 0 Å². The second kappa shape index (κ2) is 6.71. The first-order chi connectivity index (χ1) is 8.10. The van der Waals surface area contributed by atoms with E-state index >= 15 is 0 Å². The highest BCUT2D eigenvalue weighted by atomic mass is 32.1. The van der Waals surface area contributed by atoms with Gasteiger partial charge in [-0.05, 0) is 13.3 Å². The summed E-state index contributed by atoms with van der Waals surface area (Å²) in [6.45, 7) is 5.11. The molecule has 1 rings (SSSR count). The smallest absolute Gasteiger partial charge is 0.227 e. The molecule has 1 aromatic heterocycles. The molecule has 5 heteroatoms. The molecule has 17 heavy (non-hydrogen) atoms. The van der Waals surface area contributed by atoms with Gasteiger partial charge in [0, 0.05) is 18.5 Å². The lowest BCUT2D eigenvalue weighted by molar-refractivity contribution is -0.134. The van der Waals surface area contributed by atoms with Gasteiger partial charge >= 0.3 is 0 Å². The average molecular weight is 255 g/mol. The average Bonchev–Trinajstić information content (AvgIpc) is 2.71. The maximum Gasteiger partial charge on any atom is 0.227 e. The number of carbonyl (C=O) groups is 1. The van der Waals surface area contributed by atoms with Gasteiger partial charge in [0.25, 0.3) is 0 Å². The molecular weight excluding hydrogens is 234 g/mol. The predicted octanol–water partition coefficient (Wildman–Crippen LogP) is 1.78. The highest BCUT2D eigenvalue weighted by Crippen LogP contribution is 2.16. The molecule has 0 aromatic carbocycles. The molecule has 1 aromatic rings. The molecule has 1 atom stereocenters. The summed E-state index contributed by atoms with van der Waals surface area (Å²) in [4.78, 5) is 19.2. The Bertz CT molecular complexity index is 364. The van der Waals surface area contributed by atoms with E-state index in [2.05, 4.69) is 11.9 Å². The van der Waals surface area contributed by atoms with Gasteiger partial charge in [0.1, 0.15) is 0 Å². The van der Waals surface area contributed by atoms with Crippen molar-refractivity contribution in [1.82, 2.24) is 9.88 Å². The molecule has 96 valence electrons. The van der Waals surface area contributed by atoms with Crippen molar-refractivity contribution >= 4 is 17.2 Å². The van der Waals surface area contributed by atoms with Gasteiger partial charge in [-0.25, -0.2) is 4.98 Å². The number of rotatable bonds is 6. The van der Waals surface area contributed by atoms with Crippen LogP contribution in [0.2, 0.25) is 0 Å². The van der Waals surface area contributed by atoms with Crippen LogP contribution < -0.4 is 5.73 Å². The zero-order valence-corrected chi connectivity index (χ0v) is 11.6. The zero-order valence-electron chi connectivity index (χ0n) is 10.8. The van der Waals surface area contributed by atoms with E-state index in [1.54, 1.807) is 16.2 Å². The van der Waals surface area contributed by atoms with Gasteiger partial charge in [-0.1, -0.05) is 13.3 Å². The first-order valence-corrected chi connectivity index (χ1v) is 6.82. The van der Waals surface area contributed by atoms with Gasteiger partial charge in [0.05, 0.1) is 23.7 Å². The van der Waals surface area contributed by atoms with Crippen LogP contribution in [-0.2, 0) is 11.3 Å². The minimum Gasteiger partial charge on any atom is -0.340 e. The maximum absolute atomic E-state index is 12.1. The van der Waals surface area contributed by atoms with Crippen LogP contribution >= 0.6 is 11.3 Å². The van der Waals surface area contributed by atoms with E-state index in [0.29, 0.717) is 13.1 Å². The van der Waals surface area contributed by atoms with Crippen LogP contribution in [0.15, 0.2) is 5.51 Å². The number of hydrogen-bond acceptors (Lipinski definition) is 4. The molecule has 0 saturated carbocycles. The van der Waals surface area contributed by atoms with Gasteiger partial charge in [0.15, 0.2) is 0 Å². The summed E-state index contributed by atoms with van der Waals surface area (Å²) in [7, 11) is 1.83. The fourth-order valence-electron chi connectivity index (χ4n) is 1.77. The number of amides is 1. The summed E-state index contributed by atoms with van der Waals surface area (Å²) < 4.78 is 0. The third-order valence-electron chi connectivity index (χ3n) is 2.87. The normalized spacial score (nSPS) is 12.5. The summed E-state index contributed by atoms with van der Waals surface area (Å²) in [6.07, 6.45) is 1.85. The monoisotopic (exact) mass is 255 g/mol. The quantitative estimate of drug-likeness (QED) is 0.843. The van der Waals surface area contributed by atoms with E-state index in [4.69, 9.17) is 5.73 Å². The molecule has 4 nitrogen and oxygen atoms in total.